The van der Waals surface area contributed by atoms with E-state index in [1.165, 1.54) is 32.6 Å². The average Bonchev–Trinajstić information content (AvgIpc) is 2.89. The number of sulfone groups is 1. The Hall–Kier alpha value is -2.50. The lowest BCUT2D eigenvalue weighted by atomic mass is 10.1. The van der Waals surface area contributed by atoms with E-state index in [1.807, 2.05) is 0 Å². The van der Waals surface area contributed by atoms with Gasteiger partial charge in [0.1, 0.15) is 0 Å². The number of aromatic nitrogens is 3. The minimum atomic E-state index is -3.87. The van der Waals surface area contributed by atoms with Crippen LogP contribution in [0.15, 0.2) is 41.6 Å². The van der Waals surface area contributed by atoms with Crippen molar-refractivity contribution in [2.75, 3.05) is 26.1 Å². The summed E-state index contributed by atoms with van der Waals surface area (Å²) in [5.41, 5.74) is 7.62. The van der Waals surface area contributed by atoms with Crippen LogP contribution in [-0.4, -0.2) is 55.4 Å². The third-order valence-electron chi connectivity index (χ3n) is 3.80. The molecule has 2 N–H and O–H groups in total. The number of imidazole rings is 1. The lowest BCUT2D eigenvalue weighted by Crippen LogP contribution is -2.29. The third-order valence-corrected chi connectivity index (χ3v) is 6.65. The van der Waals surface area contributed by atoms with Crippen molar-refractivity contribution in [3.8, 4) is 11.1 Å². The van der Waals surface area contributed by atoms with E-state index in [1.54, 1.807) is 18.2 Å². The molecule has 0 radical (unpaired) electrons. The van der Waals surface area contributed by atoms with Crippen LogP contribution in [0.25, 0.3) is 22.2 Å². The molecule has 11 heteroatoms. The van der Waals surface area contributed by atoms with Gasteiger partial charge in [0.25, 0.3) is 0 Å². The maximum absolute atomic E-state index is 12.5. The molecule has 3 aromatic rings. The van der Waals surface area contributed by atoms with Gasteiger partial charge in [0, 0.05) is 38.3 Å². The normalized spacial score (nSPS) is 12.8. The Kier molecular flexibility index (Phi) is 4.25. The second kappa shape index (κ2) is 6.04. The second-order valence-electron chi connectivity index (χ2n) is 5.91. The van der Waals surface area contributed by atoms with E-state index in [9.17, 15) is 16.8 Å². The molecule has 0 fully saturated rings. The van der Waals surface area contributed by atoms with Crippen LogP contribution in [0.2, 0.25) is 0 Å². The number of fused-ring (bicyclic) bond motifs is 1. The van der Waals surface area contributed by atoms with E-state index in [-0.39, 0.29) is 10.8 Å². The third kappa shape index (κ3) is 3.04. The van der Waals surface area contributed by atoms with Gasteiger partial charge < -0.3 is 5.73 Å². The van der Waals surface area contributed by atoms with Gasteiger partial charge in [0.2, 0.25) is 5.95 Å². The number of benzene rings is 1. The van der Waals surface area contributed by atoms with Gasteiger partial charge in [0.05, 0.1) is 15.9 Å². The van der Waals surface area contributed by atoms with Crippen molar-refractivity contribution in [1.29, 1.82) is 0 Å². The maximum Gasteiger partial charge on any atom is 0.310 e. The van der Waals surface area contributed by atoms with Gasteiger partial charge in [-0.3, -0.25) is 4.98 Å². The molecule has 0 unspecified atom stereocenters. The minimum Gasteiger partial charge on any atom is -0.368 e. The molecule has 0 spiro atoms. The summed E-state index contributed by atoms with van der Waals surface area (Å²) in [6, 6.07) is 6.39. The van der Waals surface area contributed by atoms with Crippen molar-refractivity contribution >= 4 is 37.0 Å². The number of rotatable bonds is 4. The first-order chi connectivity index (χ1) is 12.0. The molecular formula is C15H17N5O4S2. The molecular weight excluding hydrogens is 378 g/mol. The van der Waals surface area contributed by atoms with Crippen molar-refractivity contribution < 1.29 is 16.8 Å². The molecule has 0 aliphatic carbocycles. The predicted molar refractivity (Wildman–Crippen MR) is 98.5 cm³/mol. The van der Waals surface area contributed by atoms with Gasteiger partial charge in [-0.25, -0.2) is 13.4 Å². The molecule has 2 heterocycles. The van der Waals surface area contributed by atoms with E-state index in [2.05, 4.69) is 9.97 Å². The highest BCUT2D eigenvalue weighted by molar-refractivity contribution is 7.90. The fraction of sp³-hybridized carbons (Fsp3) is 0.200. The SMILES string of the molecule is CN(C)S(=O)(=O)n1c(N)nc2ccc(-c3cncc(S(C)(=O)=O)c3)cc21. The largest absolute Gasteiger partial charge is 0.368 e. The molecule has 0 aliphatic rings. The Morgan fingerprint density at radius 1 is 1.04 bits per heavy atom. The van der Waals surface area contributed by atoms with Crippen LogP contribution in [-0.2, 0) is 20.0 Å². The number of hydrogen-bond acceptors (Lipinski definition) is 7. The smallest absolute Gasteiger partial charge is 0.310 e. The molecule has 0 atom stereocenters. The Morgan fingerprint density at radius 2 is 1.73 bits per heavy atom. The molecule has 3 rings (SSSR count). The van der Waals surface area contributed by atoms with Crippen LogP contribution >= 0.6 is 0 Å². The molecule has 1 aromatic carbocycles. The predicted octanol–water partition coefficient (Wildman–Crippen LogP) is 0.739. The van der Waals surface area contributed by atoms with Crippen molar-refractivity contribution in [2.45, 2.75) is 4.90 Å². The number of nitrogens with two attached hydrogens (primary N) is 1. The number of hydrogen-bond donors (Lipinski definition) is 1. The molecule has 9 nitrogen and oxygen atoms in total. The summed E-state index contributed by atoms with van der Waals surface area (Å²) < 4.78 is 50.5. The summed E-state index contributed by atoms with van der Waals surface area (Å²) in [6.45, 7) is 0. The number of nitrogen functional groups attached to an aromatic ring is 1. The standard InChI is InChI=1S/C15H17N5O4S2/c1-19(2)26(23,24)20-14-7-10(4-5-13(14)18-15(20)16)11-6-12(9-17-8-11)25(3,21)22/h4-9H,1-3H3,(H2,16,18). The Morgan fingerprint density at radius 3 is 2.35 bits per heavy atom. The highest BCUT2D eigenvalue weighted by Gasteiger charge is 2.23. The summed E-state index contributed by atoms with van der Waals surface area (Å²) in [7, 11) is -4.50. The van der Waals surface area contributed by atoms with Crippen LogP contribution in [0.3, 0.4) is 0 Å². The highest BCUT2D eigenvalue weighted by Crippen LogP contribution is 2.28. The van der Waals surface area contributed by atoms with Crippen molar-refractivity contribution in [1.82, 2.24) is 18.2 Å². The number of nitrogens with zero attached hydrogens (tertiary/aromatic N) is 4. The van der Waals surface area contributed by atoms with Crippen LogP contribution in [0.4, 0.5) is 5.95 Å². The fourth-order valence-corrected chi connectivity index (χ4v) is 4.03. The first-order valence-corrected chi connectivity index (χ1v) is 10.7. The van der Waals surface area contributed by atoms with E-state index < -0.39 is 20.0 Å². The van der Waals surface area contributed by atoms with E-state index in [0.29, 0.717) is 22.2 Å². The van der Waals surface area contributed by atoms with Gasteiger partial charge in [-0.15, -0.1) is 0 Å². The summed E-state index contributed by atoms with van der Waals surface area (Å²) in [6.07, 6.45) is 3.85. The zero-order valence-electron chi connectivity index (χ0n) is 14.3. The molecule has 138 valence electrons. The van der Waals surface area contributed by atoms with Gasteiger partial charge in [-0.1, -0.05) is 6.07 Å². The molecule has 0 amide bonds. The molecule has 0 saturated carbocycles. The van der Waals surface area contributed by atoms with E-state index >= 15 is 0 Å². The lowest BCUT2D eigenvalue weighted by Gasteiger charge is -2.14. The minimum absolute atomic E-state index is 0.0732. The van der Waals surface area contributed by atoms with Crippen LogP contribution in [0.1, 0.15) is 0 Å². The molecule has 0 bridgehead atoms. The molecule has 2 aromatic heterocycles. The first-order valence-electron chi connectivity index (χ1n) is 7.38. The van der Waals surface area contributed by atoms with Crippen LogP contribution < -0.4 is 5.73 Å². The molecule has 0 saturated heterocycles. The number of anilines is 1. The Balaban J connectivity index is 2.26. The van der Waals surface area contributed by atoms with Crippen LogP contribution in [0, 0.1) is 0 Å². The first kappa shape index (κ1) is 18.3. The average molecular weight is 395 g/mol. The van der Waals surface area contributed by atoms with Gasteiger partial charge in [-0.05, 0) is 23.8 Å². The van der Waals surface area contributed by atoms with Gasteiger partial charge in [-0.2, -0.15) is 16.7 Å². The fourth-order valence-electron chi connectivity index (χ4n) is 2.44. The van der Waals surface area contributed by atoms with Crippen molar-refractivity contribution in [3.63, 3.8) is 0 Å². The second-order valence-corrected chi connectivity index (χ2v) is 9.92. The van der Waals surface area contributed by atoms with E-state index in [4.69, 9.17) is 5.73 Å². The highest BCUT2D eigenvalue weighted by atomic mass is 32.2. The number of pyridine rings is 1. The summed E-state index contributed by atoms with van der Waals surface area (Å²) >= 11 is 0. The van der Waals surface area contributed by atoms with Gasteiger partial charge >= 0.3 is 10.2 Å². The lowest BCUT2D eigenvalue weighted by molar-refractivity contribution is 0.513. The van der Waals surface area contributed by atoms with Gasteiger partial charge in [0.15, 0.2) is 9.84 Å². The quantitative estimate of drug-likeness (QED) is 0.690. The summed E-state index contributed by atoms with van der Waals surface area (Å²) in [4.78, 5) is 8.11. The Labute approximate surface area is 151 Å². The Bertz CT molecular complexity index is 1210. The zero-order chi connectivity index (χ0) is 19.3. The van der Waals surface area contributed by atoms with Crippen molar-refractivity contribution in [2.24, 2.45) is 0 Å². The zero-order valence-corrected chi connectivity index (χ0v) is 15.9. The topological polar surface area (TPSA) is 128 Å². The van der Waals surface area contributed by atoms with E-state index in [0.717, 1.165) is 14.5 Å². The monoisotopic (exact) mass is 395 g/mol. The molecule has 26 heavy (non-hydrogen) atoms. The molecule has 0 aliphatic heterocycles. The summed E-state index contributed by atoms with van der Waals surface area (Å²) in [5, 5.41) is 0. The maximum atomic E-state index is 12.5. The van der Waals surface area contributed by atoms with Crippen molar-refractivity contribution in [3.05, 3.63) is 36.7 Å². The summed E-state index contributed by atoms with van der Waals surface area (Å²) in [5.74, 6) is -0.158. The van der Waals surface area contributed by atoms with Crippen LogP contribution in [0.5, 0.6) is 0 Å².